The summed E-state index contributed by atoms with van der Waals surface area (Å²) < 4.78 is 7.53. The van der Waals surface area contributed by atoms with E-state index in [1.54, 1.807) is 25.1 Å². The lowest BCUT2D eigenvalue weighted by Gasteiger charge is -2.15. The number of rotatable bonds is 5. The average Bonchev–Trinajstić information content (AvgIpc) is 2.97. The minimum absolute atomic E-state index is 0.251. The molecule has 3 rings (SSSR count). The highest BCUT2D eigenvalue weighted by Crippen LogP contribution is 2.28. The zero-order valence-corrected chi connectivity index (χ0v) is 15.3. The van der Waals surface area contributed by atoms with Crippen LogP contribution < -0.4 is 10.1 Å². The number of halogens is 2. The molecule has 0 saturated carbocycles. The van der Waals surface area contributed by atoms with E-state index in [0.717, 1.165) is 16.9 Å². The van der Waals surface area contributed by atoms with Gasteiger partial charge < -0.3 is 14.5 Å². The number of hydrogen-bond donors (Lipinski definition) is 1. The number of nitrogens with zero attached hydrogens (tertiary/aromatic N) is 2. The van der Waals surface area contributed by atoms with Gasteiger partial charge in [0.05, 0.1) is 17.3 Å². The normalized spacial score (nSPS) is 12.2. The molecule has 130 valence electrons. The summed E-state index contributed by atoms with van der Waals surface area (Å²) in [7, 11) is 0. The number of amides is 1. The maximum Gasteiger partial charge on any atom is 0.261 e. The molecule has 0 bridgehead atoms. The Morgan fingerprint density at radius 2 is 2.08 bits per heavy atom. The van der Waals surface area contributed by atoms with E-state index < -0.39 is 6.10 Å². The van der Waals surface area contributed by atoms with E-state index in [2.05, 4.69) is 10.3 Å². The number of benzene rings is 1. The van der Waals surface area contributed by atoms with Crippen LogP contribution in [0.25, 0.3) is 5.65 Å². The standard InChI is InChI=1S/C18H17Cl2N3O2/c1-11-3-6-17-22-14(10-23(17)9-11)8-21-18(24)12(2)25-16-5-4-13(19)7-15(16)20/h3-7,9-10,12H,8H2,1-2H3,(H,21,24). The first kappa shape index (κ1) is 17.6. The molecule has 0 radical (unpaired) electrons. The molecule has 0 fully saturated rings. The number of carbonyl (C=O) groups is 1. The van der Waals surface area contributed by atoms with Gasteiger partial charge in [0.15, 0.2) is 6.10 Å². The molecule has 25 heavy (non-hydrogen) atoms. The number of ether oxygens (including phenoxy) is 1. The van der Waals surface area contributed by atoms with Crippen molar-refractivity contribution in [3.05, 3.63) is 64.0 Å². The topological polar surface area (TPSA) is 55.6 Å². The van der Waals surface area contributed by atoms with Crippen molar-refractivity contribution in [2.45, 2.75) is 26.5 Å². The molecule has 7 heteroatoms. The van der Waals surface area contributed by atoms with Gasteiger partial charge in [-0.25, -0.2) is 4.98 Å². The molecule has 1 unspecified atom stereocenters. The Morgan fingerprint density at radius 1 is 1.28 bits per heavy atom. The molecule has 1 amide bonds. The van der Waals surface area contributed by atoms with Gasteiger partial charge in [0.25, 0.3) is 5.91 Å². The number of carbonyl (C=O) groups excluding carboxylic acids is 1. The first-order chi connectivity index (χ1) is 11.9. The van der Waals surface area contributed by atoms with E-state index in [1.165, 1.54) is 0 Å². The number of fused-ring (bicyclic) bond motifs is 1. The van der Waals surface area contributed by atoms with Crippen molar-refractivity contribution < 1.29 is 9.53 Å². The van der Waals surface area contributed by atoms with Gasteiger partial charge in [-0.3, -0.25) is 4.79 Å². The van der Waals surface area contributed by atoms with Gasteiger partial charge in [0.1, 0.15) is 11.4 Å². The molecule has 1 N–H and O–H groups in total. The maximum absolute atomic E-state index is 12.2. The van der Waals surface area contributed by atoms with Crippen LogP contribution in [0.3, 0.4) is 0 Å². The lowest BCUT2D eigenvalue weighted by atomic mass is 10.3. The number of imidazole rings is 1. The van der Waals surface area contributed by atoms with Crippen LogP contribution in [0.5, 0.6) is 5.75 Å². The van der Waals surface area contributed by atoms with Crippen LogP contribution in [0.2, 0.25) is 10.0 Å². The molecule has 2 heterocycles. The monoisotopic (exact) mass is 377 g/mol. The summed E-state index contributed by atoms with van der Waals surface area (Å²) >= 11 is 11.9. The zero-order valence-electron chi connectivity index (χ0n) is 13.8. The second-order valence-corrected chi connectivity index (χ2v) is 6.60. The summed E-state index contributed by atoms with van der Waals surface area (Å²) in [6.07, 6.45) is 3.18. The Bertz CT molecular complexity index is 924. The third kappa shape index (κ3) is 4.24. The molecule has 0 spiro atoms. The molecular weight excluding hydrogens is 361 g/mol. The van der Waals surface area contributed by atoms with Crippen molar-refractivity contribution in [1.29, 1.82) is 0 Å². The van der Waals surface area contributed by atoms with Gasteiger partial charge in [-0.05, 0) is 43.7 Å². The van der Waals surface area contributed by atoms with Gasteiger partial charge in [-0.1, -0.05) is 29.3 Å². The molecule has 0 aliphatic carbocycles. The van der Waals surface area contributed by atoms with E-state index in [4.69, 9.17) is 27.9 Å². The van der Waals surface area contributed by atoms with Crippen molar-refractivity contribution in [2.24, 2.45) is 0 Å². The van der Waals surface area contributed by atoms with Gasteiger partial charge in [-0.2, -0.15) is 0 Å². The lowest BCUT2D eigenvalue weighted by Crippen LogP contribution is -2.36. The minimum atomic E-state index is -0.696. The Balaban J connectivity index is 1.60. The molecule has 5 nitrogen and oxygen atoms in total. The van der Waals surface area contributed by atoms with Crippen molar-refractivity contribution in [3.63, 3.8) is 0 Å². The molecular formula is C18H17Cl2N3O2. The predicted octanol–water partition coefficient (Wildman–Crippen LogP) is 4.03. The van der Waals surface area contributed by atoms with Crippen LogP contribution in [0.1, 0.15) is 18.2 Å². The summed E-state index contributed by atoms with van der Waals surface area (Å²) in [5.74, 6) is 0.163. The molecule has 0 saturated heterocycles. The SMILES string of the molecule is Cc1ccc2nc(CNC(=O)C(C)Oc3ccc(Cl)cc3Cl)cn2c1. The van der Waals surface area contributed by atoms with Crippen LogP contribution in [-0.2, 0) is 11.3 Å². The highest BCUT2D eigenvalue weighted by atomic mass is 35.5. The van der Waals surface area contributed by atoms with Crippen LogP contribution in [0, 0.1) is 6.92 Å². The second-order valence-electron chi connectivity index (χ2n) is 5.76. The molecule has 2 aromatic heterocycles. The number of hydrogen-bond acceptors (Lipinski definition) is 3. The number of nitrogens with one attached hydrogen (secondary N) is 1. The van der Waals surface area contributed by atoms with E-state index in [0.29, 0.717) is 22.3 Å². The van der Waals surface area contributed by atoms with E-state index in [1.807, 2.05) is 35.9 Å². The average molecular weight is 378 g/mol. The van der Waals surface area contributed by atoms with Crippen LogP contribution in [0.15, 0.2) is 42.7 Å². The Morgan fingerprint density at radius 3 is 2.84 bits per heavy atom. The molecule has 1 atom stereocenters. The van der Waals surface area contributed by atoms with Gasteiger partial charge >= 0.3 is 0 Å². The summed E-state index contributed by atoms with van der Waals surface area (Å²) in [5, 5.41) is 3.69. The molecule has 0 aliphatic rings. The summed E-state index contributed by atoms with van der Waals surface area (Å²) in [6.45, 7) is 4.00. The van der Waals surface area contributed by atoms with Crippen molar-refractivity contribution in [2.75, 3.05) is 0 Å². The maximum atomic E-state index is 12.2. The fraction of sp³-hybridized carbons (Fsp3) is 0.222. The van der Waals surface area contributed by atoms with Crippen LogP contribution >= 0.6 is 23.2 Å². The van der Waals surface area contributed by atoms with Crippen LogP contribution in [-0.4, -0.2) is 21.4 Å². The lowest BCUT2D eigenvalue weighted by molar-refractivity contribution is -0.127. The van der Waals surface area contributed by atoms with Gasteiger partial charge in [-0.15, -0.1) is 0 Å². The summed E-state index contributed by atoms with van der Waals surface area (Å²) in [4.78, 5) is 16.7. The first-order valence-electron chi connectivity index (χ1n) is 7.76. The summed E-state index contributed by atoms with van der Waals surface area (Å²) in [6, 6.07) is 8.80. The number of aromatic nitrogens is 2. The van der Waals surface area contributed by atoms with Crippen LogP contribution in [0.4, 0.5) is 0 Å². The molecule has 1 aromatic carbocycles. The first-order valence-corrected chi connectivity index (χ1v) is 8.51. The van der Waals surface area contributed by atoms with Gasteiger partial charge in [0.2, 0.25) is 0 Å². The second kappa shape index (κ2) is 7.33. The largest absolute Gasteiger partial charge is 0.479 e. The zero-order chi connectivity index (χ0) is 18.0. The third-order valence-corrected chi connectivity index (χ3v) is 4.19. The smallest absolute Gasteiger partial charge is 0.261 e. The van der Waals surface area contributed by atoms with E-state index >= 15 is 0 Å². The van der Waals surface area contributed by atoms with E-state index in [-0.39, 0.29) is 5.91 Å². The Hall–Kier alpha value is -2.24. The molecule has 0 aliphatic heterocycles. The fourth-order valence-electron chi connectivity index (χ4n) is 2.38. The van der Waals surface area contributed by atoms with Gasteiger partial charge in [0, 0.05) is 17.4 Å². The quantitative estimate of drug-likeness (QED) is 0.729. The fourth-order valence-corrected chi connectivity index (χ4v) is 2.83. The minimum Gasteiger partial charge on any atom is -0.479 e. The summed E-state index contributed by atoms with van der Waals surface area (Å²) in [5.41, 5.74) is 2.75. The van der Waals surface area contributed by atoms with E-state index in [9.17, 15) is 4.79 Å². The highest BCUT2D eigenvalue weighted by Gasteiger charge is 2.16. The number of pyridine rings is 1. The third-order valence-electron chi connectivity index (χ3n) is 3.66. The highest BCUT2D eigenvalue weighted by molar-refractivity contribution is 6.35. The predicted molar refractivity (Wildman–Crippen MR) is 98.3 cm³/mol. The number of aryl methyl sites for hydroxylation is 1. The Labute approximate surface area is 155 Å². The van der Waals surface area contributed by atoms with Crippen molar-refractivity contribution in [3.8, 4) is 5.75 Å². The van der Waals surface area contributed by atoms with Crippen molar-refractivity contribution in [1.82, 2.24) is 14.7 Å². The Kier molecular flexibility index (Phi) is 5.16. The van der Waals surface area contributed by atoms with Crippen molar-refractivity contribution >= 4 is 34.8 Å². The molecule has 3 aromatic rings.